The zero-order valence-electron chi connectivity index (χ0n) is 20.4. The smallest absolute Gasteiger partial charge is 0.252 e. The van der Waals surface area contributed by atoms with Gasteiger partial charge in [0.25, 0.3) is 5.91 Å². The number of nitrogens with zero attached hydrogens (tertiary/aromatic N) is 1. The standard InChI is InChI=1S/C29H39ClN2O2/c1-2-3-4-5-6-7-8-9-10-11-12-13-14-15-16-17-18-20-28(33)21-19-22-32-29(34)26-23-27(30)25-31-24-26/h3-4,6-7,9-10,12-13,15-16,23-25H,2,5,8,11,14,17-22H2,1H3,(H,32,34)/b4-3-,7-6-,10-9-,13-12-,16-15-. The lowest BCUT2D eigenvalue weighted by atomic mass is 10.1. The number of unbranched alkanes of at least 4 members (excludes halogenated alkanes) is 1. The second-order valence-electron chi connectivity index (χ2n) is 7.89. The Morgan fingerprint density at radius 1 is 0.824 bits per heavy atom. The minimum absolute atomic E-state index is 0.221. The van der Waals surface area contributed by atoms with E-state index in [0.29, 0.717) is 36.4 Å². The van der Waals surface area contributed by atoms with Crippen LogP contribution < -0.4 is 5.32 Å². The number of carbonyl (C=O) groups excluding carboxylic acids is 2. The Kier molecular flexibility index (Phi) is 18.0. The van der Waals surface area contributed by atoms with E-state index in [1.165, 1.54) is 12.4 Å². The molecule has 4 nitrogen and oxygen atoms in total. The van der Waals surface area contributed by atoms with Gasteiger partial charge in [-0.05, 0) is 57.4 Å². The summed E-state index contributed by atoms with van der Waals surface area (Å²) in [6.45, 7) is 2.61. The molecule has 1 N–H and O–H groups in total. The molecule has 1 amide bonds. The van der Waals surface area contributed by atoms with Crippen molar-refractivity contribution >= 4 is 23.3 Å². The third-order valence-electron chi connectivity index (χ3n) is 4.87. The number of aromatic nitrogens is 1. The highest BCUT2D eigenvalue weighted by molar-refractivity contribution is 6.30. The first-order chi connectivity index (χ1) is 16.6. The average molecular weight is 483 g/mol. The minimum atomic E-state index is -0.221. The normalized spacial score (nSPS) is 12.2. The average Bonchev–Trinajstić information content (AvgIpc) is 2.83. The molecule has 184 valence electrons. The molecular weight excluding hydrogens is 444 g/mol. The van der Waals surface area contributed by atoms with Gasteiger partial charge in [-0.1, -0.05) is 79.3 Å². The zero-order chi connectivity index (χ0) is 24.7. The van der Waals surface area contributed by atoms with E-state index in [0.717, 1.165) is 44.9 Å². The number of rotatable bonds is 18. The molecular formula is C29H39ClN2O2. The van der Waals surface area contributed by atoms with E-state index in [4.69, 9.17) is 11.6 Å². The van der Waals surface area contributed by atoms with Crippen LogP contribution in [0.3, 0.4) is 0 Å². The monoisotopic (exact) mass is 482 g/mol. The molecule has 0 atom stereocenters. The lowest BCUT2D eigenvalue weighted by molar-refractivity contribution is -0.119. The van der Waals surface area contributed by atoms with Crippen LogP contribution in [0, 0.1) is 0 Å². The van der Waals surface area contributed by atoms with E-state index in [9.17, 15) is 9.59 Å². The number of carbonyl (C=O) groups is 2. The van der Waals surface area contributed by atoms with E-state index in [1.807, 2.05) is 0 Å². The summed E-state index contributed by atoms with van der Waals surface area (Å²) in [5.74, 6) is 0.0202. The number of nitrogens with one attached hydrogen (secondary N) is 1. The van der Waals surface area contributed by atoms with Gasteiger partial charge in [-0.15, -0.1) is 0 Å². The number of allylic oxidation sites excluding steroid dienone is 10. The van der Waals surface area contributed by atoms with Crippen molar-refractivity contribution < 1.29 is 9.59 Å². The number of halogens is 1. The van der Waals surface area contributed by atoms with Crippen molar-refractivity contribution in [3.63, 3.8) is 0 Å². The Hall–Kier alpha value is -2.72. The van der Waals surface area contributed by atoms with Gasteiger partial charge in [-0.3, -0.25) is 14.6 Å². The molecule has 0 spiro atoms. The summed E-state index contributed by atoms with van der Waals surface area (Å²) in [7, 11) is 0. The van der Waals surface area contributed by atoms with Gasteiger partial charge in [0.15, 0.2) is 0 Å². The number of Topliss-reactive ketones (excluding diaryl/α,β-unsaturated/α-hetero) is 1. The topological polar surface area (TPSA) is 59.1 Å². The largest absolute Gasteiger partial charge is 0.352 e. The third-order valence-corrected chi connectivity index (χ3v) is 5.08. The lowest BCUT2D eigenvalue weighted by Gasteiger charge is -2.05. The van der Waals surface area contributed by atoms with Crippen molar-refractivity contribution in [3.8, 4) is 0 Å². The van der Waals surface area contributed by atoms with Crippen LogP contribution in [0.25, 0.3) is 0 Å². The summed E-state index contributed by atoms with van der Waals surface area (Å²) in [6.07, 6.45) is 33.3. The molecule has 5 heteroatoms. The molecule has 1 aromatic heterocycles. The van der Waals surface area contributed by atoms with E-state index in [2.05, 4.69) is 78.0 Å². The second-order valence-corrected chi connectivity index (χ2v) is 8.33. The van der Waals surface area contributed by atoms with Gasteiger partial charge in [0.05, 0.1) is 10.6 Å². The summed E-state index contributed by atoms with van der Waals surface area (Å²) in [5.41, 5.74) is 0.427. The maximum atomic E-state index is 12.0. The highest BCUT2D eigenvalue weighted by atomic mass is 35.5. The van der Waals surface area contributed by atoms with Crippen molar-refractivity contribution in [1.29, 1.82) is 0 Å². The Balaban J connectivity index is 1.98. The number of amides is 1. The van der Waals surface area contributed by atoms with Gasteiger partial charge in [0.1, 0.15) is 5.78 Å². The first-order valence-corrected chi connectivity index (χ1v) is 12.7. The van der Waals surface area contributed by atoms with Crippen LogP contribution >= 0.6 is 11.6 Å². The Morgan fingerprint density at radius 3 is 1.97 bits per heavy atom. The number of hydrogen-bond acceptors (Lipinski definition) is 3. The summed E-state index contributed by atoms with van der Waals surface area (Å²) < 4.78 is 0. The van der Waals surface area contributed by atoms with Crippen molar-refractivity contribution in [2.75, 3.05) is 6.54 Å². The molecule has 1 rings (SSSR count). The van der Waals surface area contributed by atoms with Crippen molar-refractivity contribution in [2.45, 2.75) is 71.1 Å². The van der Waals surface area contributed by atoms with Crippen molar-refractivity contribution in [3.05, 3.63) is 89.8 Å². The molecule has 1 heterocycles. The van der Waals surface area contributed by atoms with Crippen LogP contribution in [-0.2, 0) is 4.79 Å². The minimum Gasteiger partial charge on any atom is -0.352 e. The van der Waals surface area contributed by atoms with E-state index >= 15 is 0 Å². The third kappa shape index (κ3) is 16.8. The predicted octanol–water partition coefficient (Wildman–Crippen LogP) is 7.74. The maximum absolute atomic E-state index is 12.0. The Bertz CT molecular complexity index is 853. The molecule has 0 unspecified atom stereocenters. The fourth-order valence-corrected chi connectivity index (χ4v) is 3.21. The van der Waals surface area contributed by atoms with Gasteiger partial charge in [-0.2, -0.15) is 0 Å². The maximum Gasteiger partial charge on any atom is 0.252 e. The molecule has 0 aliphatic heterocycles. The van der Waals surface area contributed by atoms with Gasteiger partial charge in [0.2, 0.25) is 0 Å². The molecule has 0 aromatic carbocycles. The fraction of sp³-hybridized carbons (Fsp3) is 0.414. The van der Waals surface area contributed by atoms with E-state index in [1.54, 1.807) is 6.07 Å². The second kappa shape index (κ2) is 20.9. The summed E-state index contributed by atoms with van der Waals surface area (Å²) in [5, 5.41) is 3.22. The van der Waals surface area contributed by atoms with Crippen molar-refractivity contribution in [2.24, 2.45) is 0 Å². The summed E-state index contributed by atoms with van der Waals surface area (Å²) >= 11 is 5.83. The molecule has 0 aliphatic rings. The summed E-state index contributed by atoms with van der Waals surface area (Å²) in [4.78, 5) is 27.8. The van der Waals surface area contributed by atoms with Gasteiger partial charge in [-0.25, -0.2) is 0 Å². The van der Waals surface area contributed by atoms with E-state index in [-0.39, 0.29) is 11.7 Å². The molecule has 0 bridgehead atoms. The summed E-state index contributed by atoms with van der Waals surface area (Å²) in [6, 6.07) is 1.57. The van der Waals surface area contributed by atoms with Gasteiger partial charge < -0.3 is 5.32 Å². The lowest BCUT2D eigenvalue weighted by Crippen LogP contribution is -2.25. The van der Waals surface area contributed by atoms with Crippen LogP contribution in [0.15, 0.2) is 79.2 Å². The number of hydrogen-bond donors (Lipinski definition) is 1. The van der Waals surface area contributed by atoms with Gasteiger partial charge in [0, 0.05) is 31.8 Å². The Labute approximate surface area is 210 Å². The molecule has 0 radical (unpaired) electrons. The van der Waals surface area contributed by atoms with Crippen LogP contribution in [-0.4, -0.2) is 23.2 Å². The zero-order valence-corrected chi connectivity index (χ0v) is 21.2. The molecule has 34 heavy (non-hydrogen) atoms. The molecule has 0 saturated heterocycles. The first-order valence-electron chi connectivity index (χ1n) is 12.3. The highest BCUT2D eigenvalue weighted by Gasteiger charge is 2.06. The quantitative estimate of drug-likeness (QED) is 0.172. The highest BCUT2D eigenvalue weighted by Crippen LogP contribution is 2.08. The van der Waals surface area contributed by atoms with Crippen LogP contribution in [0.4, 0.5) is 0 Å². The van der Waals surface area contributed by atoms with Crippen LogP contribution in [0.5, 0.6) is 0 Å². The molecule has 0 aliphatic carbocycles. The molecule has 0 saturated carbocycles. The van der Waals surface area contributed by atoms with E-state index < -0.39 is 0 Å². The van der Waals surface area contributed by atoms with Crippen LogP contribution in [0.1, 0.15) is 81.5 Å². The number of ketones is 1. The van der Waals surface area contributed by atoms with Gasteiger partial charge >= 0.3 is 0 Å². The Morgan fingerprint density at radius 2 is 1.38 bits per heavy atom. The molecule has 0 fully saturated rings. The SMILES string of the molecule is CC/C=C\C/C=C\C/C=C\C/C=C\C/C=C\CCCC(=O)CCCNC(=O)c1cncc(Cl)c1. The first kappa shape index (κ1) is 29.3. The van der Waals surface area contributed by atoms with Crippen LogP contribution in [0.2, 0.25) is 5.02 Å². The van der Waals surface area contributed by atoms with Crippen molar-refractivity contribution in [1.82, 2.24) is 10.3 Å². The number of pyridine rings is 1. The predicted molar refractivity (Wildman–Crippen MR) is 144 cm³/mol. The fourth-order valence-electron chi connectivity index (χ4n) is 3.04. The molecule has 1 aromatic rings.